The lowest BCUT2D eigenvalue weighted by Crippen LogP contribution is -2.45. The Bertz CT molecular complexity index is 830. The second-order valence-electron chi connectivity index (χ2n) is 7.03. The van der Waals surface area contributed by atoms with E-state index in [-0.39, 0.29) is 43.8 Å². The fourth-order valence-electron chi connectivity index (χ4n) is 3.65. The fourth-order valence-corrected chi connectivity index (χ4v) is 5.21. The summed E-state index contributed by atoms with van der Waals surface area (Å²) in [6.07, 6.45) is 0.616. The molecule has 2 heterocycles. The van der Waals surface area contributed by atoms with Crippen LogP contribution in [0.25, 0.3) is 0 Å². The van der Waals surface area contributed by atoms with Gasteiger partial charge < -0.3 is 10.1 Å². The molecule has 8 nitrogen and oxygen atoms in total. The van der Waals surface area contributed by atoms with Crippen molar-refractivity contribution in [3.63, 3.8) is 0 Å². The van der Waals surface area contributed by atoms with Gasteiger partial charge in [0.2, 0.25) is 15.9 Å². The Morgan fingerprint density at radius 3 is 2.71 bits per heavy atom. The van der Waals surface area contributed by atoms with Crippen molar-refractivity contribution in [2.75, 3.05) is 39.1 Å². The van der Waals surface area contributed by atoms with Crippen LogP contribution in [0.3, 0.4) is 0 Å². The average Bonchev–Trinajstić information content (AvgIpc) is 3.01. The molecule has 0 radical (unpaired) electrons. The van der Waals surface area contributed by atoms with E-state index < -0.39 is 22.0 Å². The summed E-state index contributed by atoms with van der Waals surface area (Å²) >= 11 is 5.85. The molecule has 0 unspecified atom stereocenters. The van der Waals surface area contributed by atoms with Gasteiger partial charge in [-0.2, -0.15) is 0 Å². The molecular formula is C18H24ClN3O5S. The maximum absolute atomic E-state index is 12.8. The van der Waals surface area contributed by atoms with Gasteiger partial charge in [0, 0.05) is 31.3 Å². The molecule has 0 bridgehead atoms. The van der Waals surface area contributed by atoms with Crippen molar-refractivity contribution < 1.29 is 22.7 Å². The number of halogens is 1. The number of fused-ring (bicyclic) bond motifs is 1. The van der Waals surface area contributed by atoms with Gasteiger partial charge in [0.15, 0.2) is 0 Å². The number of methoxy groups -OCH3 is 1. The Kier molecular flexibility index (Phi) is 6.59. The minimum absolute atomic E-state index is 0.00952. The van der Waals surface area contributed by atoms with E-state index in [1.165, 1.54) is 7.11 Å². The summed E-state index contributed by atoms with van der Waals surface area (Å²) in [5.74, 6) is -0.699. The Morgan fingerprint density at radius 2 is 2.04 bits per heavy atom. The van der Waals surface area contributed by atoms with Crippen molar-refractivity contribution in [2.24, 2.45) is 0 Å². The van der Waals surface area contributed by atoms with Gasteiger partial charge in [-0.3, -0.25) is 14.5 Å². The zero-order chi connectivity index (χ0) is 20.3. The van der Waals surface area contributed by atoms with Gasteiger partial charge in [0.05, 0.1) is 31.4 Å². The van der Waals surface area contributed by atoms with E-state index >= 15 is 0 Å². The van der Waals surface area contributed by atoms with E-state index in [2.05, 4.69) is 5.32 Å². The molecule has 0 aliphatic carbocycles. The molecule has 2 atom stereocenters. The number of amides is 2. The summed E-state index contributed by atoms with van der Waals surface area (Å²) in [4.78, 5) is 27.0. The monoisotopic (exact) mass is 429 g/mol. The first kappa shape index (κ1) is 21.0. The number of ether oxygens (including phenoxy) is 1. The van der Waals surface area contributed by atoms with Crippen LogP contribution in [0.5, 0.6) is 0 Å². The van der Waals surface area contributed by atoms with Gasteiger partial charge in [-0.05, 0) is 24.1 Å². The number of carbonyl (C=O) groups is 2. The molecule has 3 rings (SSSR count). The highest BCUT2D eigenvalue weighted by atomic mass is 35.5. The first-order valence-electron chi connectivity index (χ1n) is 9.11. The molecule has 1 aromatic rings. The predicted octanol–water partition coefficient (Wildman–Crippen LogP) is 0.260. The molecule has 2 aliphatic heterocycles. The first-order valence-corrected chi connectivity index (χ1v) is 11.1. The van der Waals surface area contributed by atoms with Gasteiger partial charge in [-0.15, -0.1) is 0 Å². The highest BCUT2D eigenvalue weighted by Gasteiger charge is 2.45. The van der Waals surface area contributed by atoms with Crippen molar-refractivity contribution in [2.45, 2.75) is 24.9 Å². The molecule has 1 aromatic carbocycles. The molecule has 0 aromatic heterocycles. The normalized spacial score (nSPS) is 24.6. The molecule has 2 amide bonds. The maximum Gasteiger partial charge on any atom is 0.253 e. The van der Waals surface area contributed by atoms with Crippen LogP contribution in [0.4, 0.5) is 0 Å². The summed E-state index contributed by atoms with van der Waals surface area (Å²) < 4.78 is 30.6. The van der Waals surface area contributed by atoms with Crippen LogP contribution in [-0.4, -0.2) is 80.6 Å². The molecule has 154 valence electrons. The second kappa shape index (κ2) is 8.77. The average molecular weight is 430 g/mol. The minimum atomic E-state index is -3.64. The second-order valence-corrected chi connectivity index (χ2v) is 9.48. The number of sulfonamides is 1. The Morgan fingerprint density at radius 1 is 1.32 bits per heavy atom. The van der Waals surface area contributed by atoms with Crippen LogP contribution < -0.4 is 5.32 Å². The van der Waals surface area contributed by atoms with Crippen molar-refractivity contribution in [1.82, 2.24) is 14.5 Å². The van der Waals surface area contributed by atoms with Crippen LogP contribution in [0, 0.1) is 0 Å². The number of rotatable bonds is 6. The van der Waals surface area contributed by atoms with Crippen LogP contribution in [0.15, 0.2) is 24.3 Å². The largest absolute Gasteiger partial charge is 0.383 e. The van der Waals surface area contributed by atoms with Crippen molar-refractivity contribution >= 4 is 33.4 Å². The lowest BCUT2D eigenvalue weighted by atomic mass is 10.1. The zero-order valence-electron chi connectivity index (χ0n) is 15.6. The van der Waals surface area contributed by atoms with E-state index in [0.29, 0.717) is 18.0 Å². The van der Waals surface area contributed by atoms with Crippen LogP contribution in [0.1, 0.15) is 12.0 Å². The number of benzene rings is 1. The first-order chi connectivity index (χ1) is 13.3. The van der Waals surface area contributed by atoms with Gasteiger partial charge >= 0.3 is 0 Å². The Balaban J connectivity index is 1.62. The maximum atomic E-state index is 12.8. The van der Waals surface area contributed by atoms with E-state index in [0.717, 1.165) is 9.87 Å². The van der Waals surface area contributed by atoms with Gasteiger partial charge in [-0.1, -0.05) is 23.7 Å². The molecule has 1 N–H and O–H groups in total. The van der Waals surface area contributed by atoms with E-state index in [9.17, 15) is 18.0 Å². The van der Waals surface area contributed by atoms with Gasteiger partial charge in [0.1, 0.15) is 0 Å². The smallest absolute Gasteiger partial charge is 0.253 e. The summed E-state index contributed by atoms with van der Waals surface area (Å²) in [6.45, 7) is 0.886. The van der Waals surface area contributed by atoms with Crippen molar-refractivity contribution in [3.8, 4) is 0 Å². The topological polar surface area (TPSA) is 96.0 Å². The third-order valence-electron chi connectivity index (χ3n) is 5.05. The molecule has 0 saturated carbocycles. The summed E-state index contributed by atoms with van der Waals surface area (Å²) in [7, 11) is -2.18. The summed E-state index contributed by atoms with van der Waals surface area (Å²) in [6, 6.07) is 6.32. The molecule has 0 spiro atoms. The van der Waals surface area contributed by atoms with E-state index in [4.69, 9.17) is 16.3 Å². The molecule has 2 aliphatic rings. The highest BCUT2D eigenvalue weighted by molar-refractivity contribution is 7.89. The quantitative estimate of drug-likeness (QED) is 0.696. The molecule has 2 fully saturated rings. The highest BCUT2D eigenvalue weighted by Crippen LogP contribution is 2.24. The summed E-state index contributed by atoms with van der Waals surface area (Å²) in [5, 5.41) is 3.57. The SMILES string of the molecule is COCCN1C(=O)[C@@H]2C[C@H](NC(=O)Cc3ccc(Cl)cc3)CN2CCS1(=O)=O. The van der Waals surface area contributed by atoms with Gasteiger partial charge in [0.25, 0.3) is 5.91 Å². The number of nitrogens with zero attached hydrogens (tertiary/aromatic N) is 2. The third kappa shape index (κ3) is 4.83. The minimum Gasteiger partial charge on any atom is -0.383 e. The number of carbonyl (C=O) groups excluding carboxylic acids is 2. The number of hydrogen-bond acceptors (Lipinski definition) is 6. The lowest BCUT2D eigenvalue weighted by molar-refractivity contribution is -0.131. The zero-order valence-corrected chi connectivity index (χ0v) is 17.2. The Hall–Kier alpha value is -1.68. The Labute approximate surface area is 169 Å². The van der Waals surface area contributed by atoms with Gasteiger partial charge in [-0.25, -0.2) is 12.7 Å². The molecule has 2 saturated heterocycles. The third-order valence-corrected chi connectivity index (χ3v) is 7.03. The standard InChI is InChI=1S/C18H24ClN3O5S/c1-27-8-6-22-18(24)16-11-15(12-21(16)7-9-28(22,25)26)20-17(23)10-13-2-4-14(19)5-3-13/h2-5,15-16H,6-12H2,1H3,(H,20,23)/t15-,16-/m0/s1. The van der Waals surface area contributed by atoms with E-state index in [1.807, 2.05) is 4.90 Å². The van der Waals surface area contributed by atoms with Crippen LogP contribution >= 0.6 is 11.6 Å². The van der Waals surface area contributed by atoms with Crippen LogP contribution in [0.2, 0.25) is 5.02 Å². The van der Waals surface area contributed by atoms with Crippen LogP contribution in [-0.2, 0) is 30.8 Å². The molecule has 28 heavy (non-hydrogen) atoms. The molecule has 10 heteroatoms. The van der Waals surface area contributed by atoms with Crippen molar-refractivity contribution in [3.05, 3.63) is 34.9 Å². The predicted molar refractivity (Wildman–Crippen MR) is 104 cm³/mol. The fraction of sp³-hybridized carbons (Fsp3) is 0.556. The number of nitrogens with one attached hydrogen (secondary N) is 1. The molecular weight excluding hydrogens is 406 g/mol. The lowest BCUT2D eigenvalue weighted by Gasteiger charge is -2.23. The van der Waals surface area contributed by atoms with Crippen molar-refractivity contribution in [1.29, 1.82) is 0 Å². The number of hydrogen-bond donors (Lipinski definition) is 1. The summed E-state index contributed by atoms with van der Waals surface area (Å²) in [5.41, 5.74) is 0.849. The van der Waals surface area contributed by atoms with E-state index in [1.54, 1.807) is 24.3 Å².